The molecule has 5 nitrogen and oxygen atoms in total. The van der Waals surface area contributed by atoms with Crippen molar-refractivity contribution in [1.82, 2.24) is 0 Å². The fourth-order valence-corrected chi connectivity index (χ4v) is 0.789. The van der Waals surface area contributed by atoms with Crippen LogP contribution in [-0.2, 0) is 19.0 Å². The summed E-state index contributed by atoms with van der Waals surface area (Å²) >= 11 is 0. The van der Waals surface area contributed by atoms with Crippen molar-refractivity contribution in [2.75, 3.05) is 6.61 Å². The minimum absolute atomic E-state index is 0.0229. The van der Waals surface area contributed by atoms with Crippen molar-refractivity contribution in [3.05, 3.63) is 12.2 Å². The quantitative estimate of drug-likeness (QED) is 0.561. The predicted molar refractivity (Wildman–Crippen MR) is 62.6 cm³/mol. The van der Waals surface area contributed by atoms with E-state index >= 15 is 0 Å². The summed E-state index contributed by atoms with van der Waals surface area (Å²) in [5.74, 6) is -0.510. The number of carbonyl (C=O) groups excluding carboxylic acids is 2. The summed E-state index contributed by atoms with van der Waals surface area (Å²) in [5.41, 5.74) is -0.306. The molecule has 0 aromatic carbocycles. The van der Waals surface area contributed by atoms with Gasteiger partial charge >= 0.3 is 12.1 Å². The summed E-state index contributed by atoms with van der Waals surface area (Å²) in [6.45, 7) is 11.8. The largest absolute Gasteiger partial charge is 0.509 e. The SMILES string of the molecule is C=C(C)C(=O)OCC(C)OC(=O)OC(C)(C)C. The van der Waals surface area contributed by atoms with E-state index in [0.717, 1.165) is 0 Å². The van der Waals surface area contributed by atoms with Crippen molar-refractivity contribution in [3.8, 4) is 0 Å². The van der Waals surface area contributed by atoms with E-state index in [1.165, 1.54) is 0 Å². The third kappa shape index (κ3) is 8.30. The Morgan fingerprint density at radius 3 is 2.24 bits per heavy atom. The van der Waals surface area contributed by atoms with Crippen LogP contribution in [0.1, 0.15) is 34.6 Å². The Morgan fingerprint density at radius 2 is 1.82 bits per heavy atom. The lowest BCUT2D eigenvalue weighted by Gasteiger charge is -2.20. The molecule has 1 unspecified atom stereocenters. The molecule has 0 aromatic heterocycles. The Balaban J connectivity index is 3.94. The smallest absolute Gasteiger partial charge is 0.458 e. The van der Waals surface area contributed by atoms with Crippen molar-refractivity contribution < 1.29 is 23.8 Å². The molecular formula is C12H20O5. The minimum atomic E-state index is -0.781. The second-order valence-corrected chi connectivity index (χ2v) is 4.77. The van der Waals surface area contributed by atoms with Gasteiger partial charge in [0.05, 0.1) is 0 Å². The van der Waals surface area contributed by atoms with Gasteiger partial charge in [-0.1, -0.05) is 6.58 Å². The second-order valence-electron chi connectivity index (χ2n) is 4.77. The van der Waals surface area contributed by atoms with Gasteiger partial charge in [0.15, 0.2) is 0 Å². The predicted octanol–water partition coefficient (Wildman–Crippen LogP) is 2.45. The first-order chi connectivity index (χ1) is 7.61. The van der Waals surface area contributed by atoms with Crippen LogP contribution < -0.4 is 0 Å². The molecule has 0 rings (SSSR count). The van der Waals surface area contributed by atoms with Crippen LogP contribution >= 0.6 is 0 Å². The van der Waals surface area contributed by atoms with Crippen molar-refractivity contribution in [2.45, 2.75) is 46.3 Å². The van der Waals surface area contributed by atoms with Gasteiger partial charge in [0.2, 0.25) is 0 Å². The molecule has 0 radical (unpaired) electrons. The maximum Gasteiger partial charge on any atom is 0.509 e. The first kappa shape index (κ1) is 15.5. The summed E-state index contributed by atoms with van der Waals surface area (Å²) in [7, 11) is 0. The molecular weight excluding hydrogens is 224 g/mol. The molecule has 17 heavy (non-hydrogen) atoms. The highest BCUT2D eigenvalue weighted by Crippen LogP contribution is 2.09. The number of hydrogen-bond donors (Lipinski definition) is 0. The molecule has 0 amide bonds. The van der Waals surface area contributed by atoms with Crippen molar-refractivity contribution in [3.63, 3.8) is 0 Å². The topological polar surface area (TPSA) is 61.8 Å². The Labute approximate surface area is 102 Å². The van der Waals surface area contributed by atoms with E-state index < -0.39 is 23.8 Å². The van der Waals surface area contributed by atoms with Gasteiger partial charge in [-0.25, -0.2) is 9.59 Å². The molecule has 1 atom stereocenters. The van der Waals surface area contributed by atoms with Crippen LogP contribution in [0, 0.1) is 0 Å². The Morgan fingerprint density at radius 1 is 1.29 bits per heavy atom. The molecule has 0 bridgehead atoms. The maximum atomic E-state index is 11.2. The highest BCUT2D eigenvalue weighted by Gasteiger charge is 2.20. The highest BCUT2D eigenvalue weighted by molar-refractivity contribution is 5.86. The zero-order valence-electron chi connectivity index (χ0n) is 11.0. The van der Waals surface area contributed by atoms with E-state index in [2.05, 4.69) is 6.58 Å². The number of ether oxygens (including phenoxy) is 3. The fourth-order valence-electron chi connectivity index (χ4n) is 0.789. The van der Waals surface area contributed by atoms with Crippen LogP contribution in [0.4, 0.5) is 4.79 Å². The van der Waals surface area contributed by atoms with Crippen LogP contribution in [0.5, 0.6) is 0 Å². The summed E-state index contributed by atoms with van der Waals surface area (Å²) in [6.07, 6.45) is -1.34. The molecule has 98 valence electrons. The molecule has 0 aliphatic rings. The lowest BCUT2D eigenvalue weighted by molar-refractivity contribution is -0.142. The Bertz CT molecular complexity index is 301. The van der Waals surface area contributed by atoms with Crippen molar-refractivity contribution in [2.24, 2.45) is 0 Å². The van der Waals surface area contributed by atoms with E-state index in [1.54, 1.807) is 34.6 Å². The molecule has 0 saturated heterocycles. The number of carbonyl (C=O) groups is 2. The zero-order chi connectivity index (χ0) is 13.6. The second kappa shape index (κ2) is 6.27. The van der Waals surface area contributed by atoms with Crippen LogP contribution in [0.3, 0.4) is 0 Å². The van der Waals surface area contributed by atoms with E-state index in [0.29, 0.717) is 5.57 Å². The van der Waals surface area contributed by atoms with E-state index in [-0.39, 0.29) is 6.61 Å². The molecule has 0 heterocycles. The lowest BCUT2D eigenvalue weighted by atomic mass is 10.2. The first-order valence-corrected chi connectivity index (χ1v) is 5.34. The summed E-state index contributed by atoms with van der Waals surface area (Å²) in [4.78, 5) is 22.3. The van der Waals surface area contributed by atoms with Gasteiger partial charge in [0, 0.05) is 5.57 Å². The monoisotopic (exact) mass is 244 g/mol. The first-order valence-electron chi connectivity index (χ1n) is 5.34. The third-order valence-corrected chi connectivity index (χ3v) is 1.48. The van der Waals surface area contributed by atoms with Crippen LogP contribution in [-0.4, -0.2) is 30.4 Å². The van der Waals surface area contributed by atoms with Crippen molar-refractivity contribution in [1.29, 1.82) is 0 Å². The van der Waals surface area contributed by atoms with Gasteiger partial charge in [0.1, 0.15) is 18.3 Å². The maximum absolute atomic E-state index is 11.2. The normalized spacial score (nSPS) is 12.5. The van der Waals surface area contributed by atoms with Crippen LogP contribution in [0.25, 0.3) is 0 Å². The summed E-state index contributed by atoms with van der Waals surface area (Å²) < 4.78 is 14.7. The van der Waals surface area contributed by atoms with E-state index in [9.17, 15) is 9.59 Å². The van der Waals surface area contributed by atoms with E-state index in [1.807, 2.05) is 0 Å². The van der Waals surface area contributed by atoms with E-state index in [4.69, 9.17) is 14.2 Å². The summed E-state index contributed by atoms with van der Waals surface area (Å²) in [6, 6.07) is 0. The zero-order valence-corrected chi connectivity index (χ0v) is 11.0. The molecule has 0 saturated carbocycles. The number of esters is 1. The van der Waals surface area contributed by atoms with Gasteiger partial charge in [-0.2, -0.15) is 0 Å². The van der Waals surface area contributed by atoms with Gasteiger partial charge in [-0.15, -0.1) is 0 Å². The Kier molecular flexibility index (Phi) is 5.71. The van der Waals surface area contributed by atoms with Crippen molar-refractivity contribution >= 4 is 12.1 Å². The standard InChI is InChI=1S/C12H20O5/c1-8(2)10(13)15-7-9(3)16-11(14)17-12(4,5)6/h9H,1,7H2,2-6H3. The third-order valence-electron chi connectivity index (χ3n) is 1.48. The summed E-state index contributed by atoms with van der Waals surface area (Å²) in [5, 5.41) is 0. The van der Waals surface area contributed by atoms with Crippen LogP contribution in [0.15, 0.2) is 12.2 Å². The number of hydrogen-bond acceptors (Lipinski definition) is 5. The van der Waals surface area contributed by atoms with Gasteiger partial charge in [-0.05, 0) is 34.6 Å². The average Bonchev–Trinajstić information content (AvgIpc) is 2.10. The molecule has 0 aliphatic carbocycles. The minimum Gasteiger partial charge on any atom is -0.458 e. The molecule has 0 N–H and O–H groups in total. The number of rotatable bonds is 4. The van der Waals surface area contributed by atoms with Gasteiger partial charge in [0.25, 0.3) is 0 Å². The van der Waals surface area contributed by atoms with Gasteiger partial charge in [-0.3, -0.25) is 0 Å². The highest BCUT2D eigenvalue weighted by atomic mass is 16.7. The average molecular weight is 244 g/mol. The molecule has 0 aliphatic heterocycles. The molecule has 0 aromatic rings. The molecule has 0 fully saturated rings. The Hall–Kier alpha value is -1.52. The molecule has 5 heteroatoms. The molecule has 0 spiro atoms. The fraction of sp³-hybridized carbons (Fsp3) is 0.667. The van der Waals surface area contributed by atoms with Crippen LogP contribution in [0.2, 0.25) is 0 Å². The van der Waals surface area contributed by atoms with Gasteiger partial charge < -0.3 is 14.2 Å². The lowest BCUT2D eigenvalue weighted by Crippen LogP contribution is -2.29.